The molecule has 0 heterocycles. The molecule has 1 aliphatic carbocycles. The Morgan fingerprint density at radius 2 is 1.78 bits per heavy atom. The van der Waals surface area contributed by atoms with E-state index in [1.807, 2.05) is 0 Å². The molecule has 1 aromatic carbocycles. The van der Waals surface area contributed by atoms with Gasteiger partial charge in [0.15, 0.2) is 11.6 Å². The molecule has 0 aromatic heterocycles. The van der Waals surface area contributed by atoms with Crippen LogP contribution in [0.2, 0.25) is 0 Å². The lowest BCUT2D eigenvalue weighted by Crippen LogP contribution is -2.36. The monoisotopic (exact) mass is 317 g/mol. The zero-order chi connectivity index (χ0) is 13.1. The van der Waals surface area contributed by atoms with Crippen LogP contribution in [0.15, 0.2) is 16.6 Å². The number of carbonyl (C=O) groups is 1. The summed E-state index contributed by atoms with van der Waals surface area (Å²) in [4.78, 5) is 12.0. The zero-order valence-corrected chi connectivity index (χ0v) is 11.4. The quantitative estimate of drug-likeness (QED) is 0.826. The fourth-order valence-electron chi connectivity index (χ4n) is 2.21. The number of nitrogens with one attached hydrogen (secondary N) is 1. The fourth-order valence-corrected chi connectivity index (χ4v) is 2.70. The van der Waals surface area contributed by atoms with Crippen LogP contribution in [0.3, 0.4) is 0 Å². The van der Waals surface area contributed by atoms with Crippen LogP contribution in [0.5, 0.6) is 0 Å². The van der Waals surface area contributed by atoms with Gasteiger partial charge >= 0.3 is 0 Å². The summed E-state index contributed by atoms with van der Waals surface area (Å²) in [5, 5.41) is 2.86. The van der Waals surface area contributed by atoms with Crippen molar-refractivity contribution in [2.45, 2.75) is 38.1 Å². The normalized spacial score (nSPS) is 16.6. The first-order valence-corrected chi connectivity index (χ1v) is 6.82. The van der Waals surface area contributed by atoms with Gasteiger partial charge in [-0.05, 0) is 40.9 Å². The van der Waals surface area contributed by atoms with Crippen molar-refractivity contribution in [3.05, 3.63) is 33.8 Å². The van der Waals surface area contributed by atoms with Gasteiger partial charge in [0.1, 0.15) is 0 Å². The summed E-state index contributed by atoms with van der Waals surface area (Å²) in [6.45, 7) is 0. The summed E-state index contributed by atoms with van der Waals surface area (Å²) in [5.41, 5.74) is 0.138. The molecular formula is C13H14BrF2NO. The van der Waals surface area contributed by atoms with Gasteiger partial charge in [-0.3, -0.25) is 4.79 Å². The molecule has 18 heavy (non-hydrogen) atoms. The standard InChI is InChI=1S/C13H14BrF2NO/c14-10-7-12(16)11(15)6-9(10)13(18)17-8-4-2-1-3-5-8/h6-8H,1-5H2,(H,17,18). The number of amides is 1. The number of hydrogen-bond donors (Lipinski definition) is 1. The molecule has 2 rings (SSSR count). The molecule has 0 bridgehead atoms. The summed E-state index contributed by atoms with van der Waals surface area (Å²) in [5.74, 6) is -2.32. The van der Waals surface area contributed by atoms with Crippen molar-refractivity contribution in [2.75, 3.05) is 0 Å². The number of hydrogen-bond acceptors (Lipinski definition) is 1. The first kappa shape index (κ1) is 13.5. The van der Waals surface area contributed by atoms with E-state index in [2.05, 4.69) is 21.2 Å². The maximum atomic E-state index is 13.1. The Morgan fingerprint density at radius 3 is 2.44 bits per heavy atom. The van der Waals surface area contributed by atoms with Gasteiger partial charge in [0.25, 0.3) is 5.91 Å². The molecule has 0 atom stereocenters. The molecule has 98 valence electrons. The van der Waals surface area contributed by atoms with Gasteiger partial charge < -0.3 is 5.32 Å². The molecule has 1 N–H and O–H groups in total. The smallest absolute Gasteiger partial charge is 0.252 e. The second kappa shape index (κ2) is 5.78. The predicted octanol–water partition coefficient (Wildman–Crippen LogP) is 3.79. The number of carbonyl (C=O) groups excluding carboxylic acids is 1. The highest BCUT2D eigenvalue weighted by molar-refractivity contribution is 9.10. The summed E-state index contributed by atoms with van der Waals surface area (Å²) < 4.78 is 26.3. The molecule has 2 nitrogen and oxygen atoms in total. The zero-order valence-electron chi connectivity index (χ0n) is 9.81. The lowest BCUT2D eigenvalue weighted by molar-refractivity contribution is 0.0926. The highest BCUT2D eigenvalue weighted by atomic mass is 79.9. The first-order chi connectivity index (χ1) is 8.58. The van der Waals surface area contributed by atoms with Gasteiger partial charge in [-0.2, -0.15) is 0 Å². The van der Waals surface area contributed by atoms with E-state index in [0.29, 0.717) is 0 Å². The number of benzene rings is 1. The third-order valence-electron chi connectivity index (χ3n) is 3.19. The van der Waals surface area contributed by atoms with Crippen molar-refractivity contribution in [1.82, 2.24) is 5.32 Å². The Hall–Kier alpha value is -0.970. The molecule has 0 radical (unpaired) electrons. The molecule has 1 aliphatic rings. The average Bonchev–Trinajstić information content (AvgIpc) is 2.35. The minimum absolute atomic E-state index is 0.138. The molecule has 5 heteroatoms. The molecule has 1 saturated carbocycles. The van der Waals surface area contributed by atoms with Crippen LogP contribution in [-0.4, -0.2) is 11.9 Å². The van der Waals surface area contributed by atoms with E-state index in [1.165, 1.54) is 6.42 Å². The topological polar surface area (TPSA) is 29.1 Å². The van der Waals surface area contributed by atoms with E-state index in [9.17, 15) is 13.6 Å². The Bertz CT molecular complexity index is 459. The molecule has 1 fully saturated rings. The van der Waals surface area contributed by atoms with E-state index in [-0.39, 0.29) is 22.0 Å². The Kier molecular flexibility index (Phi) is 4.32. The second-order valence-electron chi connectivity index (χ2n) is 4.55. The molecule has 0 spiro atoms. The molecule has 0 saturated heterocycles. The van der Waals surface area contributed by atoms with Crippen LogP contribution in [0.25, 0.3) is 0 Å². The van der Waals surface area contributed by atoms with Crippen molar-refractivity contribution >= 4 is 21.8 Å². The van der Waals surface area contributed by atoms with Gasteiger partial charge in [-0.15, -0.1) is 0 Å². The maximum absolute atomic E-state index is 13.1. The Morgan fingerprint density at radius 1 is 1.17 bits per heavy atom. The van der Waals surface area contributed by atoms with Crippen molar-refractivity contribution < 1.29 is 13.6 Å². The van der Waals surface area contributed by atoms with Crippen molar-refractivity contribution in [1.29, 1.82) is 0 Å². The predicted molar refractivity (Wildman–Crippen MR) is 68.4 cm³/mol. The van der Waals surface area contributed by atoms with E-state index in [4.69, 9.17) is 0 Å². The second-order valence-corrected chi connectivity index (χ2v) is 5.41. The third-order valence-corrected chi connectivity index (χ3v) is 3.85. The first-order valence-electron chi connectivity index (χ1n) is 6.03. The Labute approximate surface area is 113 Å². The molecule has 1 amide bonds. The average molecular weight is 318 g/mol. The van der Waals surface area contributed by atoms with Gasteiger partial charge in [0.2, 0.25) is 0 Å². The van der Waals surface area contributed by atoms with Crippen LogP contribution >= 0.6 is 15.9 Å². The van der Waals surface area contributed by atoms with Gasteiger partial charge in [0, 0.05) is 10.5 Å². The molecule has 0 unspecified atom stereocenters. The molecule has 0 aliphatic heterocycles. The minimum Gasteiger partial charge on any atom is -0.349 e. The number of halogens is 3. The van der Waals surface area contributed by atoms with Crippen molar-refractivity contribution in [2.24, 2.45) is 0 Å². The molecule has 1 aromatic rings. The van der Waals surface area contributed by atoms with Crippen LogP contribution in [0, 0.1) is 11.6 Å². The fraction of sp³-hybridized carbons (Fsp3) is 0.462. The van der Waals surface area contributed by atoms with Crippen molar-refractivity contribution in [3.8, 4) is 0 Å². The largest absolute Gasteiger partial charge is 0.349 e. The van der Waals surface area contributed by atoms with Crippen LogP contribution < -0.4 is 5.32 Å². The van der Waals surface area contributed by atoms with Gasteiger partial charge in [0.05, 0.1) is 5.56 Å². The summed E-state index contributed by atoms with van der Waals surface area (Å²) in [6, 6.07) is 2.05. The summed E-state index contributed by atoms with van der Waals surface area (Å²) >= 11 is 3.08. The highest BCUT2D eigenvalue weighted by Gasteiger charge is 2.19. The van der Waals surface area contributed by atoms with Crippen LogP contribution in [0.4, 0.5) is 8.78 Å². The lowest BCUT2D eigenvalue weighted by atomic mass is 9.95. The molecular weight excluding hydrogens is 304 g/mol. The van der Waals surface area contributed by atoms with Gasteiger partial charge in [-0.25, -0.2) is 8.78 Å². The lowest BCUT2D eigenvalue weighted by Gasteiger charge is -2.23. The van der Waals surface area contributed by atoms with Crippen molar-refractivity contribution in [3.63, 3.8) is 0 Å². The van der Waals surface area contributed by atoms with Crippen LogP contribution in [0.1, 0.15) is 42.5 Å². The Balaban J connectivity index is 2.10. The SMILES string of the molecule is O=C(NC1CCCCC1)c1cc(F)c(F)cc1Br. The van der Waals surface area contributed by atoms with E-state index < -0.39 is 11.6 Å². The summed E-state index contributed by atoms with van der Waals surface area (Å²) in [7, 11) is 0. The highest BCUT2D eigenvalue weighted by Crippen LogP contribution is 2.22. The maximum Gasteiger partial charge on any atom is 0.252 e. The van der Waals surface area contributed by atoms with E-state index in [1.54, 1.807) is 0 Å². The number of rotatable bonds is 2. The van der Waals surface area contributed by atoms with E-state index >= 15 is 0 Å². The van der Waals surface area contributed by atoms with E-state index in [0.717, 1.165) is 37.8 Å². The van der Waals surface area contributed by atoms with Crippen LogP contribution in [-0.2, 0) is 0 Å². The third kappa shape index (κ3) is 3.07. The summed E-state index contributed by atoms with van der Waals surface area (Å²) in [6.07, 6.45) is 5.30. The minimum atomic E-state index is -1.01. The van der Waals surface area contributed by atoms with Gasteiger partial charge in [-0.1, -0.05) is 19.3 Å².